The molecule has 0 aliphatic rings. The van der Waals surface area contributed by atoms with Crippen molar-refractivity contribution < 1.29 is 18.6 Å². The minimum atomic E-state index is -2.00. The molecule has 0 aliphatic heterocycles. The number of quaternary nitrogens is 1. The van der Waals surface area contributed by atoms with E-state index in [4.69, 9.17) is 4.52 Å². The number of hydrogen-bond donors (Lipinski definition) is 0. The van der Waals surface area contributed by atoms with E-state index in [1.165, 1.54) is 51.4 Å². The van der Waals surface area contributed by atoms with Crippen molar-refractivity contribution in [2.75, 3.05) is 34.3 Å². The van der Waals surface area contributed by atoms with Crippen LogP contribution in [0.15, 0.2) is 0 Å². The van der Waals surface area contributed by atoms with Crippen LogP contribution in [0.4, 0.5) is 0 Å². The Hall–Kier alpha value is -0.310. The number of unbranched alkanes of at least 4 members (excludes halogenated alkanes) is 10. The zero-order valence-electron chi connectivity index (χ0n) is 19.5. The first-order valence-corrected chi connectivity index (χ1v) is 13.1. The molecule has 5 heteroatoms. The Bertz CT molecular complexity index is 379. The Labute approximate surface area is 176 Å². The fourth-order valence-electron chi connectivity index (χ4n) is 3.10. The summed E-state index contributed by atoms with van der Waals surface area (Å²) in [6.07, 6.45) is 14.9. The van der Waals surface area contributed by atoms with E-state index in [0.29, 0.717) is 19.4 Å². The molecule has 4 nitrogen and oxygen atoms in total. The molecule has 0 heterocycles. The topological polar surface area (TPSA) is 43.4 Å². The molecule has 0 unspecified atom stereocenters. The van der Waals surface area contributed by atoms with Crippen molar-refractivity contribution in [1.82, 2.24) is 0 Å². The third-order valence-corrected chi connectivity index (χ3v) is 7.04. The Balaban J connectivity index is 4.37. The third kappa shape index (κ3) is 16.6. The summed E-state index contributed by atoms with van der Waals surface area (Å²) in [4.78, 5) is 25.4. The van der Waals surface area contributed by atoms with E-state index in [9.17, 15) is 9.59 Å². The number of rotatable bonds is 20. The maximum atomic E-state index is 12.7. The average molecular weight is 418 g/mol. The van der Waals surface area contributed by atoms with Gasteiger partial charge in [0.05, 0.1) is 0 Å². The zero-order valence-corrected chi connectivity index (χ0v) is 20.5. The summed E-state index contributed by atoms with van der Waals surface area (Å²) < 4.78 is 6.70. The van der Waals surface area contributed by atoms with Gasteiger partial charge >= 0.3 is 176 Å². The molecule has 0 spiro atoms. The molecule has 0 rings (SSSR count). The molecule has 0 atom stereocenters. The van der Waals surface area contributed by atoms with Crippen molar-refractivity contribution in [2.24, 2.45) is 0 Å². The predicted molar refractivity (Wildman–Crippen MR) is 123 cm³/mol. The summed E-state index contributed by atoms with van der Waals surface area (Å²) in [5.41, 5.74) is 0.191. The second-order valence-electron chi connectivity index (χ2n) is 9.07. The van der Waals surface area contributed by atoms with Gasteiger partial charge in [0, 0.05) is 0 Å². The van der Waals surface area contributed by atoms with Crippen LogP contribution in [0.2, 0.25) is 0 Å². The van der Waals surface area contributed by atoms with E-state index in [1.807, 2.05) is 0 Å². The van der Waals surface area contributed by atoms with Gasteiger partial charge in [-0.3, -0.25) is 0 Å². The van der Waals surface area contributed by atoms with E-state index in [2.05, 4.69) is 35.0 Å². The van der Waals surface area contributed by atoms with Crippen molar-refractivity contribution in [3.8, 4) is 0 Å². The summed E-state index contributed by atoms with van der Waals surface area (Å²) in [7, 11) is 4.31. The zero-order chi connectivity index (χ0) is 21.3. The van der Waals surface area contributed by atoms with Crippen LogP contribution < -0.4 is 0 Å². The number of carbonyl (C=O) groups is 2. The summed E-state index contributed by atoms with van der Waals surface area (Å²) in [6, 6.07) is 0. The first kappa shape index (κ1) is 27.7. The molecule has 0 aromatic heterocycles. The summed E-state index contributed by atoms with van der Waals surface area (Å²) in [6.45, 7) is 5.74. The van der Waals surface area contributed by atoms with Crippen LogP contribution in [0.1, 0.15) is 104 Å². The van der Waals surface area contributed by atoms with Gasteiger partial charge in [-0.05, 0) is 0 Å². The summed E-state index contributed by atoms with van der Waals surface area (Å²) >= 11 is 0. The normalized spacial score (nSPS) is 12.2. The Morgan fingerprint density at radius 1 is 0.679 bits per heavy atom. The number of likely N-dealkylation sites (N-methyl/N-ethyl adjacent to an activating group) is 1. The summed E-state index contributed by atoms with van der Waals surface area (Å²) in [5.74, 6) is 0. The van der Waals surface area contributed by atoms with Gasteiger partial charge in [0.15, 0.2) is 0 Å². The molecule has 0 aromatic rings. The van der Waals surface area contributed by atoms with Gasteiger partial charge in [-0.25, -0.2) is 0 Å². The van der Waals surface area contributed by atoms with Crippen LogP contribution in [-0.2, 0) is 14.1 Å². The van der Waals surface area contributed by atoms with Gasteiger partial charge in [-0.15, -0.1) is 0 Å². The Kier molecular flexibility index (Phi) is 17.3. The Morgan fingerprint density at radius 3 is 1.46 bits per heavy atom. The fraction of sp³-hybridized carbons (Fsp3) is 0.913. The van der Waals surface area contributed by atoms with Crippen molar-refractivity contribution in [1.29, 1.82) is 0 Å². The van der Waals surface area contributed by atoms with E-state index in [-0.39, 0.29) is 11.0 Å². The first-order chi connectivity index (χ1) is 13.3. The van der Waals surface area contributed by atoms with Gasteiger partial charge in [0.25, 0.3) is 0 Å². The van der Waals surface area contributed by atoms with Gasteiger partial charge < -0.3 is 0 Å². The van der Waals surface area contributed by atoms with Crippen LogP contribution in [-0.4, -0.2) is 49.8 Å². The van der Waals surface area contributed by atoms with Crippen molar-refractivity contribution >= 4 is 19.2 Å². The van der Waals surface area contributed by atoms with E-state index >= 15 is 0 Å². The molecule has 0 saturated carbocycles. The first-order valence-electron chi connectivity index (χ1n) is 11.7. The van der Waals surface area contributed by atoms with Crippen molar-refractivity contribution in [3.63, 3.8) is 0 Å². The number of hydrogen-bond acceptors (Lipinski definition) is 3. The second-order valence-corrected chi connectivity index (χ2v) is 11.1. The molecule has 0 saturated heterocycles. The molecule has 0 radical (unpaired) electrons. The predicted octanol–water partition coefficient (Wildman–Crippen LogP) is 6.39. The SMILES string of the molecule is CCCCCCCCC(=O)[PH-](OCC[N+](C)(C)C)C(=O)CCCCCCCC. The maximum absolute atomic E-state index is 12.7. The molecule has 0 aliphatic carbocycles. The minimum absolute atomic E-state index is 0.0953. The van der Waals surface area contributed by atoms with E-state index in [0.717, 1.165) is 36.7 Å². The van der Waals surface area contributed by atoms with Gasteiger partial charge in [0.1, 0.15) is 0 Å². The van der Waals surface area contributed by atoms with Crippen LogP contribution in [0.25, 0.3) is 0 Å². The van der Waals surface area contributed by atoms with Gasteiger partial charge in [0.2, 0.25) is 0 Å². The quantitative estimate of drug-likeness (QED) is 0.131. The molecule has 0 bridgehead atoms. The van der Waals surface area contributed by atoms with E-state index < -0.39 is 8.15 Å². The third-order valence-electron chi connectivity index (χ3n) is 5.03. The monoisotopic (exact) mass is 417 g/mol. The molecular weight excluding hydrogens is 369 g/mol. The van der Waals surface area contributed by atoms with E-state index in [1.54, 1.807) is 0 Å². The van der Waals surface area contributed by atoms with Crippen molar-refractivity contribution in [3.05, 3.63) is 0 Å². The van der Waals surface area contributed by atoms with Crippen LogP contribution in [0.5, 0.6) is 0 Å². The molecule has 28 heavy (non-hydrogen) atoms. The molecule has 0 N–H and O–H groups in total. The fourth-order valence-corrected chi connectivity index (χ4v) is 4.83. The van der Waals surface area contributed by atoms with Crippen LogP contribution in [0.3, 0.4) is 0 Å². The Morgan fingerprint density at radius 2 is 1.07 bits per heavy atom. The average Bonchev–Trinajstić information content (AvgIpc) is 2.63. The standard InChI is InChI=1S/C23H48NO3P/c1-6-8-10-12-14-16-18-22(25)28(27-21-20-24(3,4)5)23(26)19-17-15-13-11-9-7-2/h28H,6-21H2,1-5H3. The van der Waals surface area contributed by atoms with Crippen molar-refractivity contribution in [2.45, 2.75) is 104 Å². The van der Waals surface area contributed by atoms with Crippen LogP contribution >= 0.6 is 8.15 Å². The van der Waals surface area contributed by atoms with Crippen LogP contribution in [0, 0.1) is 0 Å². The number of carbonyl (C=O) groups excluding carboxylic acids is 2. The van der Waals surface area contributed by atoms with Gasteiger partial charge in [-0.2, -0.15) is 0 Å². The summed E-state index contributed by atoms with van der Waals surface area (Å²) in [5, 5.41) is 0. The molecule has 0 aromatic carbocycles. The molecule has 0 fully saturated rings. The van der Waals surface area contributed by atoms with Gasteiger partial charge in [-0.1, -0.05) is 0 Å². The molecule has 0 amide bonds. The number of nitrogens with zero attached hydrogens (tertiary/aromatic N) is 1. The molecule has 168 valence electrons. The second kappa shape index (κ2) is 17.5. The molecular formula is C23H48NO3P.